The van der Waals surface area contributed by atoms with E-state index in [9.17, 15) is 9.59 Å². The normalized spacial score (nSPS) is 17.8. The van der Waals surface area contributed by atoms with E-state index in [2.05, 4.69) is 10.4 Å². The maximum Gasteiger partial charge on any atom is 0.325 e. The van der Waals surface area contributed by atoms with Crippen LogP contribution in [0.1, 0.15) is 38.1 Å². The van der Waals surface area contributed by atoms with Gasteiger partial charge in [0.05, 0.1) is 23.0 Å². The topological polar surface area (TPSA) is 67.2 Å². The molecule has 1 aromatic rings. The minimum absolute atomic E-state index is 0.234. The summed E-state index contributed by atoms with van der Waals surface area (Å²) in [6, 6.07) is -0.367. The number of imide groups is 1. The molecule has 0 bridgehead atoms. The first-order valence-electron chi connectivity index (χ1n) is 6.68. The highest BCUT2D eigenvalue weighted by atomic mass is 35.5. The fraction of sp³-hybridized carbons (Fsp3) is 0.615. The maximum absolute atomic E-state index is 12.1. The van der Waals surface area contributed by atoms with Crippen molar-refractivity contribution in [3.8, 4) is 0 Å². The van der Waals surface area contributed by atoms with Gasteiger partial charge < -0.3 is 4.90 Å². The molecular formula is C13H19ClN4O2. The van der Waals surface area contributed by atoms with Gasteiger partial charge in [-0.05, 0) is 19.8 Å². The fourth-order valence-corrected chi connectivity index (χ4v) is 3.00. The Morgan fingerprint density at radius 3 is 2.35 bits per heavy atom. The summed E-state index contributed by atoms with van der Waals surface area (Å²) in [4.78, 5) is 25.8. The van der Waals surface area contributed by atoms with Crippen LogP contribution in [0, 0.1) is 6.92 Å². The minimum atomic E-state index is -0.793. The Labute approximate surface area is 123 Å². The van der Waals surface area contributed by atoms with Crippen LogP contribution in [0.5, 0.6) is 0 Å². The van der Waals surface area contributed by atoms with Gasteiger partial charge in [-0.3, -0.25) is 14.8 Å². The molecule has 0 aromatic carbocycles. The average Bonchev–Trinajstić information content (AvgIpc) is 2.78. The van der Waals surface area contributed by atoms with Crippen molar-refractivity contribution in [1.29, 1.82) is 0 Å². The summed E-state index contributed by atoms with van der Waals surface area (Å²) in [5, 5.41) is 7.18. The van der Waals surface area contributed by atoms with E-state index in [0.717, 1.165) is 5.69 Å². The first-order valence-corrected chi connectivity index (χ1v) is 7.06. The zero-order valence-electron chi connectivity index (χ0n) is 12.2. The van der Waals surface area contributed by atoms with Crippen molar-refractivity contribution < 1.29 is 9.59 Å². The van der Waals surface area contributed by atoms with Gasteiger partial charge >= 0.3 is 6.03 Å². The number of aryl methyl sites for hydroxylation is 2. The zero-order chi connectivity index (χ0) is 15.1. The van der Waals surface area contributed by atoms with E-state index < -0.39 is 5.54 Å². The molecule has 20 heavy (non-hydrogen) atoms. The minimum Gasteiger partial charge on any atom is -0.304 e. The number of amides is 3. The second-order valence-electron chi connectivity index (χ2n) is 5.05. The Morgan fingerprint density at radius 2 is 1.90 bits per heavy atom. The summed E-state index contributed by atoms with van der Waals surface area (Å²) < 4.78 is 1.66. The van der Waals surface area contributed by atoms with Gasteiger partial charge in [0.25, 0.3) is 5.91 Å². The van der Waals surface area contributed by atoms with Crippen LogP contribution in [-0.4, -0.2) is 32.2 Å². The van der Waals surface area contributed by atoms with E-state index >= 15 is 0 Å². The summed E-state index contributed by atoms with van der Waals surface area (Å²) in [6.45, 7) is 5.90. The number of nitrogens with one attached hydrogen (secondary N) is 1. The molecule has 7 heteroatoms. The van der Waals surface area contributed by atoms with Crippen LogP contribution >= 0.6 is 11.6 Å². The molecular weight excluding hydrogens is 280 g/mol. The Morgan fingerprint density at radius 1 is 1.30 bits per heavy atom. The van der Waals surface area contributed by atoms with Crippen molar-refractivity contribution in [3.05, 3.63) is 16.4 Å². The Bertz CT molecular complexity index is 563. The average molecular weight is 299 g/mol. The summed E-state index contributed by atoms with van der Waals surface area (Å²) in [5.74, 6) is -0.234. The third kappa shape index (κ3) is 1.98. The first kappa shape index (κ1) is 14.8. The molecule has 1 N–H and O–H groups in total. The molecule has 0 radical (unpaired) electrons. The van der Waals surface area contributed by atoms with Gasteiger partial charge in [0, 0.05) is 7.05 Å². The summed E-state index contributed by atoms with van der Waals surface area (Å²) in [6.07, 6.45) is 1.13. The highest BCUT2D eigenvalue weighted by Gasteiger charge is 2.50. The lowest BCUT2D eigenvalue weighted by molar-refractivity contribution is -0.127. The van der Waals surface area contributed by atoms with Gasteiger partial charge in [-0.1, -0.05) is 25.4 Å². The third-order valence-corrected chi connectivity index (χ3v) is 4.64. The molecule has 6 nitrogen and oxygen atoms in total. The van der Waals surface area contributed by atoms with Crippen LogP contribution in [0.2, 0.25) is 5.02 Å². The molecule has 110 valence electrons. The molecule has 0 aliphatic carbocycles. The van der Waals surface area contributed by atoms with Crippen LogP contribution < -0.4 is 5.32 Å². The van der Waals surface area contributed by atoms with E-state index in [-0.39, 0.29) is 18.5 Å². The van der Waals surface area contributed by atoms with Gasteiger partial charge in [0.1, 0.15) is 5.54 Å². The number of rotatable bonds is 4. The number of aromatic nitrogens is 2. The van der Waals surface area contributed by atoms with Crippen molar-refractivity contribution in [1.82, 2.24) is 20.0 Å². The predicted octanol–water partition coefficient (Wildman–Crippen LogP) is 1.99. The number of urea groups is 1. The van der Waals surface area contributed by atoms with Crippen LogP contribution in [0.3, 0.4) is 0 Å². The molecule has 2 heterocycles. The van der Waals surface area contributed by atoms with Gasteiger partial charge in [-0.25, -0.2) is 4.79 Å². The second-order valence-corrected chi connectivity index (χ2v) is 5.43. The van der Waals surface area contributed by atoms with E-state index in [1.165, 1.54) is 0 Å². The molecule has 0 saturated carbocycles. The third-order valence-electron chi connectivity index (χ3n) is 4.14. The standard InChI is InChI=1S/C13H19ClN4O2/c1-5-13(6-2)11(19)15-12(20)18(13)7-9-10(14)8(3)16-17(9)4/h5-7H2,1-4H3,(H,15,19,20). The zero-order valence-corrected chi connectivity index (χ0v) is 12.9. The largest absolute Gasteiger partial charge is 0.325 e. The van der Waals surface area contributed by atoms with E-state index in [1.54, 1.807) is 16.6 Å². The van der Waals surface area contributed by atoms with Gasteiger partial charge in [0.2, 0.25) is 0 Å². The smallest absolute Gasteiger partial charge is 0.304 e. The van der Waals surface area contributed by atoms with Crippen molar-refractivity contribution in [2.45, 2.75) is 45.7 Å². The predicted molar refractivity (Wildman–Crippen MR) is 75.3 cm³/mol. The molecule has 1 aliphatic heterocycles. The Hall–Kier alpha value is -1.56. The highest BCUT2D eigenvalue weighted by molar-refractivity contribution is 6.31. The fourth-order valence-electron chi connectivity index (χ4n) is 2.78. The molecule has 0 spiro atoms. The van der Waals surface area contributed by atoms with Crippen LogP contribution in [0.15, 0.2) is 0 Å². The van der Waals surface area contributed by atoms with Crippen molar-refractivity contribution in [3.63, 3.8) is 0 Å². The molecule has 1 aliphatic rings. The van der Waals surface area contributed by atoms with E-state index in [4.69, 9.17) is 11.6 Å². The highest BCUT2D eigenvalue weighted by Crippen LogP contribution is 2.32. The summed E-state index contributed by atoms with van der Waals surface area (Å²) >= 11 is 6.23. The van der Waals surface area contributed by atoms with E-state index in [1.807, 2.05) is 20.8 Å². The lowest BCUT2D eigenvalue weighted by atomic mass is 9.91. The van der Waals surface area contributed by atoms with Gasteiger partial charge in [-0.2, -0.15) is 5.10 Å². The number of hydrogen-bond acceptors (Lipinski definition) is 3. The van der Waals surface area contributed by atoms with Gasteiger partial charge in [-0.15, -0.1) is 0 Å². The molecule has 1 aromatic heterocycles. The lowest BCUT2D eigenvalue weighted by Gasteiger charge is -2.33. The van der Waals surface area contributed by atoms with Gasteiger partial charge in [0.15, 0.2) is 0 Å². The first-order chi connectivity index (χ1) is 9.37. The molecule has 0 atom stereocenters. The maximum atomic E-state index is 12.1. The second kappa shape index (κ2) is 5.09. The number of hydrogen-bond donors (Lipinski definition) is 1. The summed E-state index contributed by atoms with van der Waals surface area (Å²) in [7, 11) is 1.78. The quantitative estimate of drug-likeness (QED) is 0.865. The van der Waals surface area contributed by atoms with Crippen LogP contribution in [0.25, 0.3) is 0 Å². The van der Waals surface area contributed by atoms with Crippen molar-refractivity contribution in [2.75, 3.05) is 0 Å². The molecule has 1 saturated heterocycles. The Balaban J connectivity index is 2.40. The number of halogens is 1. The van der Waals surface area contributed by atoms with Crippen molar-refractivity contribution in [2.24, 2.45) is 7.05 Å². The van der Waals surface area contributed by atoms with E-state index in [0.29, 0.717) is 23.6 Å². The van der Waals surface area contributed by atoms with Crippen LogP contribution in [0.4, 0.5) is 4.79 Å². The Kier molecular flexibility index (Phi) is 3.77. The molecule has 3 amide bonds. The van der Waals surface area contributed by atoms with Crippen LogP contribution in [-0.2, 0) is 18.4 Å². The number of nitrogens with zero attached hydrogens (tertiary/aromatic N) is 3. The molecule has 1 fully saturated rings. The lowest BCUT2D eigenvalue weighted by Crippen LogP contribution is -2.48. The van der Waals surface area contributed by atoms with Crippen molar-refractivity contribution >= 4 is 23.5 Å². The molecule has 2 rings (SSSR count). The number of carbonyl (C=O) groups excluding carboxylic acids is 2. The monoisotopic (exact) mass is 298 g/mol. The summed E-state index contributed by atoms with van der Waals surface area (Å²) in [5.41, 5.74) is 0.660. The molecule has 0 unspecified atom stereocenters. The SMILES string of the molecule is CCC1(CC)C(=O)NC(=O)N1Cc1c(Cl)c(C)nn1C. The number of carbonyl (C=O) groups is 2.